The highest BCUT2D eigenvalue weighted by molar-refractivity contribution is 7.90. The molecule has 0 aliphatic carbocycles. The van der Waals surface area contributed by atoms with Crippen molar-refractivity contribution >= 4 is 15.8 Å². The van der Waals surface area contributed by atoms with E-state index in [1.54, 1.807) is 31.3 Å². The summed E-state index contributed by atoms with van der Waals surface area (Å²) in [6.45, 7) is 3.02. The predicted molar refractivity (Wildman–Crippen MR) is 112 cm³/mol. The third-order valence-corrected chi connectivity index (χ3v) is 6.00. The SMILES string of the molecule is CN=C(NCCOc1ccc(S(C)(=O)=O)cc1)N1CCC(c2ccccc2)C1. The van der Waals surface area contributed by atoms with Crippen LogP contribution in [0.1, 0.15) is 17.9 Å². The quantitative estimate of drug-likeness (QED) is 0.458. The van der Waals surface area contributed by atoms with Gasteiger partial charge in [-0.15, -0.1) is 0 Å². The lowest BCUT2D eigenvalue weighted by Gasteiger charge is -2.22. The highest BCUT2D eigenvalue weighted by Gasteiger charge is 2.25. The van der Waals surface area contributed by atoms with Gasteiger partial charge in [0.05, 0.1) is 11.4 Å². The normalized spacial score (nSPS) is 17.6. The molecule has 2 aromatic rings. The molecule has 2 aromatic carbocycles. The summed E-state index contributed by atoms with van der Waals surface area (Å²) in [4.78, 5) is 6.96. The van der Waals surface area contributed by atoms with Crippen molar-refractivity contribution in [3.8, 4) is 5.75 Å². The van der Waals surface area contributed by atoms with Crippen LogP contribution < -0.4 is 10.1 Å². The topological polar surface area (TPSA) is 71.0 Å². The van der Waals surface area contributed by atoms with Gasteiger partial charge in [-0.1, -0.05) is 30.3 Å². The van der Waals surface area contributed by atoms with E-state index in [9.17, 15) is 8.42 Å². The van der Waals surface area contributed by atoms with E-state index in [1.807, 2.05) is 6.07 Å². The van der Waals surface area contributed by atoms with Crippen molar-refractivity contribution in [2.75, 3.05) is 39.5 Å². The van der Waals surface area contributed by atoms with Crippen LogP contribution in [0.4, 0.5) is 0 Å². The standard InChI is InChI=1S/C21H27N3O3S/c1-22-21(24-14-12-18(16-24)17-6-4-3-5-7-17)23-13-15-27-19-8-10-20(11-9-19)28(2,25)26/h3-11,18H,12-16H2,1-2H3,(H,22,23). The van der Waals surface area contributed by atoms with E-state index in [1.165, 1.54) is 11.8 Å². The van der Waals surface area contributed by atoms with Crippen molar-refractivity contribution in [1.82, 2.24) is 10.2 Å². The lowest BCUT2D eigenvalue weighted by atomic mass is 9.99. The molecule has 28 heavy (non-hydrogen) atoms. The first-order chi connectivity index (χ1) is 13.5. The summed E-state index contributed by atoms with van der Waals surface area (Å²) in [5, 5.41) is 3.34. The van der Waals surface area contributed by atoms with Crippen LogP contribution in [0.5, 0.6) is 5.75 Å². The Labute approximate surface area is 167 Å². The Morgan fingerprint density at radius 2 is 1.89 bits per heavy atom. The average Bonchev–Trinajstić information content (AvgIpc) is 3.18. The Morgan fingerprint density at radius 3 is 2.54 bits per heavy atom. The maximum Gasteiger partial charge on any atom is 0.193 e. The van der Waals surface area contributed by atoms with Gasteiger partial charge in [0, 0.05) is 32.3 Å². The average molecular weight is 402 g/mol. The van der Waals surface area contributed by atoms with E-state index in [-0.39, 0.29) is 0 Å². The number of sulfone groups is 1. The van der Waals surface area contributed by atoms with Crippen LogP contribution in [0.15, 0.2) is 64.5 Å². The van der Waals surface area contributed by atoms with Gasteiger partial charge in [0.2, 0.25) is 0 Å². The van der Waals surface area contributed by atoms with Crippen LogP contribution in [0.25, 0.3) is 0 Å². The van der Waals surface area contributed by atoms with Crippen LogP contribution in [0, 0.1) is 0 Å². The number of hydrogen-bond donors (Lipinski definition) is 1. The molecule has 7 heteroatoms. The minimum Gasteiger partial charge on any atom is -0.492 e. The first kappa shape index (κ1) is 20.2. The van der Waals surface area contributed by atoms with Gasteiger partial charge in [0.25, 0.3) is 0 Å². The number of hydrogen-bond acceptors (Lipinski definition) is 4. The number of nitrogens with zero attached hydrogens (tertiary/aromatic N) is 2. The molecule has 1 atom stereocenters. The smallest absolute Gasteiger partial charge is 0.193 e. The lowest BCUT2D eigenvalue weighted by molar-refractivity contribution is 0.319. The summed E-state index contributed by atoms with van der Waals surface area (Å²) in [6.07, 6.45) is 2.31. The van der Waals surface area contributed by atoms with Crippen molar-refractivity contribution in [3.05, 3.63) is 60.2 Å². The zero-order valence-corrected chi connectivity index (χ0v) is 17.2. The van der Waals surface area contributed by atoms with Crippen molar-refractivity contribution in [1.29, 1.82) is 0 Å². The molecule has 1 saturated heterocycles. The highest BCUT2D eigenvalue weighted by Crippen LogP contribution is 2.26. The number of aliphatic imine (C=N–C) groups is 1. The molecule has 1 N–H and O–H groups in total. The number of ether oxygens (including phenoxy) is 1. The monoisotopic (exact) mass is 401 g/mol. The first-order valence-electron chi connectivity index (χ1n) is 9.41. The van der Waals surface area contributed by atoms with Crippen molar-refractivity contribution in [3.63, 3.8) is 0 Å². The van der Waals surface area contributed by atoms with Crippen LogP contribution in [-0.2, 0) is 9.84 Å². The number of guanidine groups is 1. The second-order valence-electron chi connectivity index (χ2n) is 6.91. The predicted octanol–water partition coefficient (Wildman–Crippen LogP) is 2.53. The summed E-state index contributed by atoms with van der Waals surface area (Å²) in [6, 6.07) is 17.1. The summed E-state index contributed by atoms with van der Waals surface area (Å²) in [5.41, 5.74) is 1.38. The lowest BCUT2D eigenvalue weighted by Crippen LogP contribution is -2.41. The zero-order valence-electron chi connectivity index (χ0n) is 16.3. The van der Waals surface area contributed by atoms with E-state index in [2.05, 4.69) is 39.5 Å². The van der Waals surface area contributed by atoms with E-state index in [0.29, 0.717) is 29.7 Å². The largest absolute Gasteiger partial charge is 0.492 e. The van der Waals surface area contributed by atoms with Gasteiger partial charge in [0.1, 0.15) is 12.4 Å². The Bertz CT molecular complexity index is 896. The van der Waals surface area contributed by atoms with Gasteiger partial charge in [-0.2, -0.15) is 0 Å². The van der Waals surface area contributed by atoms with Gasteiger partial charge in [-0.3, -0.25) is 4.99 Å². The van der Waals surface area contributed by atoms with Gasteiger partial charge in [-0.05, 0) is 36.2 Å². The third-order valence-electron chi connectivity index (χ3n) is 4.88. The Balaban J connectivity index is 1.45. The van der Waals surface area contributed by atoms with E-state index in [4.69, 9.17) is 4.74 Å². The Hall–Kier alpha value is -2.54. The molecule has 0 radical (unpaired) electrons. The second-order valence-corrected chi connectivity index (χ2v) is 8.92. The van der Waals surface area contributed by atoms with E-state index < -0.39 is 9.84 Å². The third kappa shape index (κ3) is 5.25. The molecule has 1 aliphatic heterocycles. The zero-order chi connectivity index (χ0) is 20.0. The fourth-order valence-corrected chi connectivity index (χ4v) is 4.03. The van der Waals surface area contributed by atoms with Crippen LogP contribution in [0.3, 0.4) is 0 Å². The van der Waals surface area contributed by atoms with Crippen molar-refractivity contribution in [2.24, 2.45) is 4.99 Å². The first-order valence-corrected chi connectivity index (χ1v) is 11.3. The maximum atomic E-state index is 11.5. The van der Waals surface area contributed by atoms with Crippen molar-refractivity contribution in [2.45, 2.75) is 17.2 Å². The van der Waals surface area contributed by atoms with Crippen molar-refractivity contribution < 1.29 is 13.2 Å². The van der Waals surface area contributed by atoms with Crippen LogP contribution >= 0.6 is 0 Å². The summed E-state index contributed by atoms with van der Waals surface area (Å²) in [5.74, 6) is 2.06. The molecule has 1 unspecified atom stereocenters. The summed E-state index contributed by atoms with van der Waals surface area (Å²) in [7, 11) is -1.39. The Kier molecular flexibility index (Phi) is 6.57. The molecule has 0 spiro atoms. The molecule has 0 saturated carbocycles. The van der Waals surface area contributed by atoms with Gasteiger partial charge in [-0.25, -0.2) is 8.42 Å². The fourth-order valence-electron chi connectivity index (χ4n) is 3.40. The molecule has 1 heterocycles. The minimum absolute atomic E-state index is 0.292. The number of rotatable bonds is 6. The highest BCUT2D eigenvalue weighted by atomic mass is 32.2. The summed E-state index contributed by atoms with van der Waals surface area (Å²) < 4.78 is 28.7. The molecule has 0 bridgehead atoms. The molecule has 1 fully saturated rings. The number of likely N-dealkylation sites (tertiary alicyclic amines) is 1. The molecular formula is C21H27N3O3S. The van der Waals surface area contributed by atoms with E-state index >= 15 is 0 Å². The fraction of sp³-hybridized carbons (Fsp3) is 0.381. The number of benzene rings is 2. The number of nitrogens with one attached hydrogen (secondary N) is 1. The maximum absolute atomic E-state index is 11.5. The molecule has 0 amide bonds. The van der Waals surface area contributed by atoms with Crippen LogP contribution in [-0.4, -0.2) is 58.8 Å². The Morgan fingerprint density at radius 1 is 1.18 bits per heavy atom. The molecular weight excluding hydrogens is 374 g/mol. The van der Waals surface area contributed by atoms with Gasteiger partial charge >= 0.3 is 0 Å². The molecule has 150 valence electrons. The van der Waals surface area contributed by atoms with Gasteiger partial charge in [0.15, 0.2) is 15.8 Å². The molecule has 3 rings (SSSR count). The van der Waals surface area contributed by atoms with Gasteiger partial charge < -0.3 is 15.0 Å². The van der Waals surface area contributed by atoms with E-state index in [0.717, 1.165) is 25.5 Å². The molecule has 1 aliphatic rings. The summed E-state index contributed by atoms with van der Waals surface area (Å²) >= 11 is 0. The molecule has 0 aromatic heterocycles. The minimum atomic E-state index is -3.18. The molecule has 6 nitrogen and oxygen atoms in total. The van der Waals surface area contributed by atoms with Crippen LogP contribution in [0.2, 0.25) is 0 Å². The second kappa shape index (κ2) is 9.10.